The van der Waals surface area contributed by atoms with Crippen molar-refractivity contribution in [2.75, 3.05) is 11.9 Å². The molecule has 1 N–H and O–H groups in total. The van der Waals surface area contributed by atoms with Crippen LogP contribution in [0.2, 0.25) is 0 Å². The Bertz CT molecular complexity index is 405. The van der Waals surface area contributed by atoms with Crippen LogP contribution < -0.4 is 4.90 Å². The fourth-order valence-electron chi connectivity index (χ4n) is 0.774. The maximum atomic E-state index is 11.6. The SMILES string of the molecule is CN(C(=O)OC(C)(C)C)c1n[nH]c(=S)s1. The van der Waals surface area contributed by atoms with Gasteiger partial charge in [-0.2, -0.15) is 0 Å². The van der Waals surface area contributed by atoms with E-state index in [-0.39, 0.29) is 0 Å². The average Bonchev–Trinajstić information content (AvgIpc) is 2.47. The molecule has 1 aromatic heterocycles. The molecule has 0 aliphatic heterocycles. The first-order valence-electron chi connectivity index (χ1n) is 4.32. The van der Waals surface area contributed by atoms with Gasteiger partial charge < -0.3 is 4.74 Å². The van der Waals surface area contributed by atoms with Crippen LogP contribution in [0.25, 0.3) is 0 Å². The molecule has 0 aliphatic carbocycles. The van der Waals surface area contributed by atoms with E-state index in [1.54, 1.807) is 7.05 Å². The maximum Gasteiger partial charge on any atom is 0.416 e. The number of carbonyl (C=O) groups is 1. The number of ether oxygens (including phenoxy) is 1. The number of hydrogen-bond donors (Lipinski definition) is 1. The van der Waals surface area contributed by atoms with Gasteiger partial charge in [0.25, 0.3) is 0 Å². The normalized spacial score (nSPS) is 11.2. The highest BCUT2D eigenvalue weighted by Gasteiger charge is 2.21. The van der Waals surface area contributed by atoms with Crippen LogP contribution in [0.5, 0.6) is 0 Å². The van der Waals surface area contributed by atoms with E-state index >= 15 is 0 Å². The zero-order valence-electron chi connectivity index (χ0n) is 9.03. The van der Waals surface area contributed by atoms with Crippen molar-refractivity contribution in [1.82, 2.24) is 10.2 Å². The lowest BCUT2D eigenvalue weighted by atomic mass is 10.2. The number of nitrogens with zero attached hydrogens (tertiary/aromatic N) is 2. The first-order valence-corrected chi connectivity index (χ1v) is 5.54. The molecule has 0 spiro atoms. The summed E-state index contributed by atoms with van der Waals surface area (Å²) in [5.74, 6) is 0. The largest absolute Gasteiger partial charge is 0.443 e. The molecule has 0 atom stereocenters. The van der Waals surface area contributed by atoms with Gasteiger partial charge in [0.15, 0.2) is 3.95 Å². The van der Waals surface area contributed by atoms with Crippen molar-refractivity contribution in [3.8, 4) is 0 Å². The van der Waals surface area contributed by atoms with E-state index in [9.17, 15) is 4.79 Å². The molecule has 0 fully saturated rings. The van der Waals surface area contributed by atoms with Crippen molar-refractivity contribution in [2.45, 2.75) is 26.4 Å². The van der Waals surface area contributed by atoms with E-state index in [1.807, 2.05) is 20.8 Å². The molecule has 0 aromatic carbocycles. The van der Waals surface area contributed by atoms with Crippen molar-refractivity contribution in [1.29, 1.82) is 0 Å². The van der Waals surface area contributed by atoms with E-state index in [2.05, 4.69) is 10.2 Å². The summed E-state index contributed by atoms with van der Waals surface area (Å²) in [6, 6.07) is 0. The summed E-state index contributed by atoms with van der Waals surface area (Å²) in [7, 11) is 1.59. The Morgan fingerprint density at radius 2 is 2.20 bits per heavy atom. The number of carbonyl (C=O) groups excluding carboxylic acids is 1. The summed E-state index contributed by atoms with van der Waals surface area (Å²) in [6.07, 6.45) is -0.444. The second kappa shape index (κ2) is 4.28. The van der Waals surface area contributed by atoms with Crippen LogP contribution in [0.15, 0.2) is 0 Å². The molecule has 1 amide bonds. The van der Waals surface area contributed by atoms with Crippen LogP contribution in [0.1, 0.15) is 20.8 Å². The number of aromatic amines is 1. The minimum Gasteiger partial charge on any atom is -0.443 e. The number of aromatic nitrogens is 2. The molecule has 84 valence electrons. The fourth-order valence-corrected chi connectivity index (χ4v) is 1.60. The number of nitrogens with one attached hydrogen (secondary N) is 1. The Balaban J connectivity index is 2.73. The van der Waals surface area contributed by atoms with Crippen LogP contribution in [-0.4, -0.2) is 28.9 Å². The maximum absolute atomic E-state index is 11.6. The van der Waals surface area contributed by atoms with Gasteiger partial charge in [0.1, 0.15) is 5.60 Å². The Kier molecular flexibility index (Phi) is 3.46. The van der Waals surface area contributed by atoms with Crippen LogP contribution >= 0.6 is 23.6 Å². The molecule has 0 bridgehead atoms. The Labute approximate surface area is 97.1 Å². The minimum absolute atomic E-state index is 0.444. The van der Waals surface area contributed by atoms with Gasteiger partial charge in [-0.25, -0.2) is 4.79 Å². The van der Waals surface area contributed by atoms with E-state index in [4.69, 9.17) is 17.0 Å². The minimum atomic E-state index is -0.511. The van der Waals surface area contributed by atoms with Gasteiger partial charge in [0.05, 0.1) is 0 Å². The van der Waals surface area contributed by atoms with Crippen LogP contribution in [0.3, 0.4) is 0 Å². The molecule has 0 saturated heterocycles. The molecule has 1 rings (SSSR count). The van der Waals surface area contributed by atoms with Gasteiger partial charge in [0.2, 0.25) is 5.13 Å². The van der Waals surface area contributed by atoms with Crippen molar-refractivity contribution in [3.63, 3.8) is 0 Å². The van der Waals surface area contributed by atoms with Gasteiger partial charge >= 0.3 is 6.09 Å². The lowest BCUT2D eigenvalue weighted by Crippen LogP contribution is -2.34. The number of anilines is 1. The predicted octanol–water partition coefficient (Wildman–Crippen LogP) is 2.57. The van der Waals surface area contributed by atoms with Gasteiger partial charge in [-0.15, -0.1) is 5.10 Å². The van der Waals surface area contributed by atoms with Gasteiger partial charge in [-0.1, -0.05) is 11.3 Å². The first-order chi connectivity index (χ1) is 6.79. The quantitative estimate of drug-likeness (QED) is 0.775. The Morgan fingerprint density at radius 1 is 1.60 bits per heavy atom. The van der Waals surface area contributed by atoms with E-state index < -0.39 is 11.7 Å². The molecular formula is C8H13N3O2S2. The van der Waals surface area contributed by atoms with E-state index in [0.29, 0.717) is 9.09 Å². The van der Waals surface area contributed by atoms with E-state index in [1.165, 1.54) is 16.2 Å². The molecule has 1 aromatic rings. The Morgan fingerprint density at radius 3 is 2.60 bits per heavy atom. The lowest BCUT2D eigenvalue weighted by molar-refractivity contribution is 0.0589. The fraction of sp³-hybridized carbons (Fsp3) is 0.625. The van der Waals surface area contributed by atoms with Gasteiger partial charge in [-0.05, 0) is 33.0 Å². The highest BCUT2D eigenvalue weighted by molar-refractivity contribution is 7.73. The van der Waals surface area contributed by atoms with Crippen molar-refractivity contribution < 1.29 is 9.53 Å². The number of hydrogen-bond acceptors (Lipinski definition) is 5. The van der Waals surface area contributed by atoms with Crippen molar-refractivity contribution >= 4 is 34.8 Å². The Hall–Kier alpha value is -0.950. The summed E-state index contributed by atoms with van der Waals surface area (Å²) < 4.78 is 5.70. The summed E-state index contributed by atoms with van der Waals surface area (Å²) in [5.41, 5.74) is -0.511. The number of amides is 1. The highest BCUT2D eigenvalue weighted by atomic mass is 32.1. The predicted molar refractivity (Wildman–Crippen MR) is 61.9 cm³/mol. The van der Waals surface area contributed by atoms with Crippen LogP contribution in [0.4, 0.5) is 9.93 Å². The number of rotatable bonds is 1. The topological polar surface area (TPSA) is 58.2 Å². The van der Waals surface area contributed by atoms with Crippen molar-refractivity contribution in [2.24, 2.45) is 0 Å². The summed E-state index contributed by atoms with van der Waals surface area (Å²) in [4.78, 5) is 12.9. The molecule has 0 unspecified atom stereocenters. The summed E-state index contributed by atoms with van der Waals surface area (Å²) in [5, 5.41) is 6.98. The van der Waals surface area contributed by atoms with Gasteiger partial charge in [-0.3, -0.25) is 10.00 Å². The third-order valence-electron chi connectivity index (χ3n) is 1.38. The summed E-state index contributed by atoms with van der Waals surface area (Å²) in [6.45, 7) is 5.43. The first kappa shape index (κ1) is 12.1. The zero-order chi connectivity index (χ0) is 11.6. The monoisotopic (exact) mass is 247 g/mol. The third-order valence-corrected chi connectivity index (χ3v) is 2.55. The lowest BCUT2D eigenvalue weighted by Gasteiger charge is -2.22. The van der Waals surface area contributed by atoms with Crippen LogP contribution in [0, 0.1) is 3.95 Å². The molecule has 15 heavy (non-hydrogen) atoms. The number of H-pyrrole nitrogens is 1. The second-order valence-electron chi connectivity index (χ2n) is 3.94. The highest BCUT2D eigenvalue weighted by Crippen LogP contribution is 2.18. The second-order valence-corrected chi connectivity index (χ2v) is 5.58. The van der Waals surface area contributed by atoms with Crippen molar-refractivity contribution in [3.05, 3.63) is 3.95 Å². The van der Waals surface area contributed by atoms with E-state index in [0.717, 1.165) is 0 Å². The average molecular weight is 247 g/mol. The molecule has 0 saturated carbocycles. The summed E-state index contributed by atoms with van der Waals surface area (Å²) >= 11 is 6.09. The molecular weight excluding hydrogens is 234 g/mol. The molecule has 5 nitrogen and oxygen atoms in total. The third kappa shape index (κ3) is 3.60. The smallest absolute Gasteiger partial charge is 0.416 e. The standard InChI is InChI=1S/C8H13N3O2S2/c1-8(2,3)13-7(12)11(4)5-9-10-6(14)15-5/h1-4H3,(H,10,14). The van der Waals surface area contributed by atoms with Crippen LogP contribution in [-0.2, 0) is 4.74 Å². The van der Waals surface area contributed by atoms with Gasteiger partial charge in [0, 0.05) is 7.05 Å². The molecule has 0 aliphatic rings. The molecule has 0 radical (unpaired) electrons. The molecule has 7 heteroatoms. The zero-order valence-corrected chi connectivity index (χ0v) is 10.7. The molecule has 1 heterocycles.